The number of hydrogen-bond donors (Lipinski definition) is 0. The summed E-state index contributed by atoms with van der Waals surface area (Å²) in [5.74, 6) is 0.804. The van der Waals surface area contributed by atoms with Crippen molar-refractivity contribution in [1.29, 1.82) is 0 Å². The van der Waals surface area contributed by atoms with Crippen LogP contribution in [0.2, 0.25) is 26.2 Å². The first-order valence-corrected chi connectivity index (χ1v) is 11.4. The van der Waals surface area contributed by atoms with Crippen molar-refractivity contribution in [2.24, 2.45) is 5.92 Å². The number of hydrogen-bond acceptors (Lipinski definition) is 2. The van der Waals surface area contributed by atoms with Crippen LogP contribution in [0.4, 0.5) is 0 Å². The molecule has 0 N–H and O–H groups in total. The van der Waals surface area contributed by atoms with Crippen LogP contribution in [0.3, 0.4) is 0 Å². The van der Waals surface area contributed by atoms with Gasteiger partial charge in [0.15, 0.2) is 9.04 Å². The van der Waals surface area contributed by atoms with E-state index in [4.69, 9.17) is 8.54 Å². The summed E-state index contributed by atoms with van der Waals surface area (Å²) in [6.45, 7) is 9.65. The maximum atomic E-state index is 6.02. The lowest BCUT2D eigenvalue weighted by molar-refractivity contribution is 0.174. The Hall–Kier alpha value is 0.354. The highest BCUT2D eigenvalue weighted by Crippen LogP contribution is 2.25. The second kappa shape index (κ2) is 6.18. The Morgan fingerprint density at radius 3 is 2.27 bits per heavy atom. The first-order valence-electron chi connectivity index (χ1n) is 6.13. The van der Waals surface area contributed by atoms with Crippen molar-refractivity contribution in [3.63, 3.8) is 0 Å². The van der Waals surface area contributed by atoms with Crippen LogP contribution in [0.5, 0.6) is 0 Å². The minimum Gasteiger partial charge on any atom is -0.436 e. The average molecular weight is 245 g/mol. The monoisotopic (exact) mass is 245 g/mol. The predicted molar refractivity (Wildman–Crippen MR) is 68.6 cm³/mol. The Labute approximate surface area is 97.3 Å². The molecule has 0 amide bonds. The Morgan fingerprint density at radius 2 is 1.73 bits per heavy atom. The zero-order chi connectivity index (χ0) is 11.3. The molecule has 1 radical (unpaired) electrons. The van der Waals surface area contributed by atoms with Gasteiger partial charge in [0.05, 0.1) is 0 Å². The molecule has 0 spiro atoms. The maximum Gasteiger partial charge on any atom is 0.321 e. The predicted octanol–water partition coefficient (Wildman–Crippen LogP) is 3.55. The third kappa shape index (κ3) is 5.85. The average Bonchev–Trinajstić information content (AvgIpc) is 2.15. The molecule has 1 aliphatic carbocycles. The van der Waals surface area contributed by atoms with Gasteiger partial charge in [0.2, 0.25) is 0 Å². The number of rotatable bonds is 5. The van der Waals surface area contributed by atoms with Crippen LogP contribution in [0.15, 0.2) is 0 Å². The third-order valence-electron chi connectivity index (χ3n) is 2.84. The smallest absolute Gasteiger partial charge is 0.321 e. The summed E-state index contributed by atoms with van der Waals surface area (Å²) in [5.41, 5.74) is 0. The summed E-state index contributed by atoms with van der Waals surface area (Å²) in [7, 11) is -2.41. The van der Waals surface area contributed by atoms with Crippen LogP contribution < -0.4 is 0 Å². The van der Waals surface area contributed by atoms with Gasteiger partial charge >= 0.3 is 8.56 Å². The van der Waals surface area contributed by atoms with Gasteiger partial charge in [0, 0.05) is 6.61 Å². The molecule has 0 aromatic carbocycles. The van der Waals surface area contributed by atoms with Crippen molar-refractivity contribution in [2.45, 2.75) is 58.3 Å². The Balaban J connectivity index is 2.21. The standard InChI is InChI=1S/C11H25O2Si2/c1-14(2)13-15(3,4)12-10-11-8-6-5-7-9-11/h11H,5-10H2,1-4H3. The van der Waals surface area contributed by atoms with Gasteiger partial charge in [-0.05, 0) is 44.9 Å². The summed E-state index contributed by atoms with van der Waals surface area (Å²) >= 11 is 0. The highest BCUT2D eigenvalue weighted by atomic mass is 28.4. The molecule has 0 heterocycles. The zero-order valence-electron chi connectivity index (χ0n) is 10.6. The van der Waals surface area contributed by atoms with E-state index in [1.807, 2.05) is 0 Å². The van der Waals surface area contributed by atoms with Gasteiger partial charge in [-0.25, -0.2) is 0 Å². The van der Waals surface area contributed by atoms with Crippen LogP contribution >= 0.6 is 0 Å². The minimum atomic E-state index is -1.81. The lowest BCUT2D eigenvalue weighted by Gasteiger charge is -2.29. The highest BCUT2D eigenvalue weighted by Gasteiger charge is 2.27. The molecule has 1 saturated carbocycles. The largest absolute Gasteiger partial charge is 0.436 e. The Morgan fingerprint density at radius 1 is 1.13 bits per heavy atom. The van der Waals surface area contributed by atoms with Gasteiger partial charge in [-0.3, -0.25) is 0 Å². The SMILES string of the molecule is C[Si](C)O[Si](C)(C)OCC1CCCCC1. The molecular weight excluding hydrogens is 220 g/mol. The van der Waals surface area contributed by atoms with Crippen molar-refractivity contribution < 1.29 is 8.54 Å². The topological polar surface area (TPSA) is 18.5 Å². The van der Waals surface area contributed by atoms with E-state index < -0.39 is 17.6 Å². The molecule has 0 aromatic rings. The van der Waals surface area contributed by atoms with Crippen molar-refractivity contribution in [1.82, 2.24) is 0 Å². The fourth-order valence-electron chi connectivity index (χ4n) is 2.19. The summed E-state index contributed by atoms with van der Waals surface area (Å²) in [6.07, 6.45) is 6.94. The van der Waals surface area contributed by atoms with Gasteiger partial charge < -0.3 is 8.54 Å². The molecule has 2 nitrogen and oxygen atoms in total. The molecule has 0 unspecified atom stereocenters. The van der Waals surface area contributed by atoms with Crippen LogP contribution in [0.1, 0.15) is 32.1 Å². The van der Waals surface area contributed by atoms with Gasteiger partial charge in [-0.15, -0.1) is 0 Å². The van der Waals surface area contributed by atoms with E-state index in [0.29, 0.717) is 0 Å². The van der Waals surface area contributed by atoms with Crippen molar-refractivity contribution in [2.75, 3.05) is 6.61 Å². The molecule has 1 aliphatic rings. The van der Waals surface area contributed by atoms with E-state index in [-0.39, 0.29) is 0 Å². The summed E-state index contributed by atoms with van der Waals surface area (Å²) in [4.78, 5) is 0. The molecule has 0 saturated heterocycles. The summed E-state index contributed by atoms with van der Waals surface area (Å²) in [6, 6.07) is 0. The van der Waals surface area contributed by atoms with E-state index in [9.17, 15) is 0 Å². The third-order valence-corrected chi connectivity index (χ3v) is 7.30. The van der Waals surface area contributed by atoms with Gasteiger partial charge in [-0.1, -0.05) is 19.3 Å². The molecule has 0 bridgehead atoms. The molecule has 89 valence electrons. The van der Waals surface area contributed by atoms with Crippen LogP contribution in [0, 0.1) is 5.92 Å². The maximum absolute atomic E-state index is 6.02. The lowest BCUT2D eigenvalue weighted by atomic mass is 9.90. The second-order valence-corrected chi connectivity index (χ2v) is 10.9. The minimum absolute atomic E-state index is 0.607. The lowest BCUT2D eigenvalue weighted by Crippen LogP contribution is -2.40. The summed E-state index contributed by atoms with van der Waals surface area (Å²) in [5, 5.41) is 0. The van der Waals surface area contributed by atoms with Crippen LogP contribution in [-0.4, -0.2) is 24.2 Å². The molecule has 15 heavy (non-hydrogen) atoms. The van der Waals surface area contributed by atoms with E-state index >= 15 is 0 Å². The van der Waals surface area contributed by atoms with Crippen molar-refractivity contribution in [3.8, 4) is 0 Å². The Bertz CT molecular complexity index is 177. The molecule has 4 heteroatoms. The molecule has 0 atom stereocenters. The van der Waals surface area contributed by atoms with Crippen LogP contribution in [-0.2, 0) is 8.54 Å². The molecule has 0 aliphatic heterocycles. The fourth-order valence-corrected chi connectivity index (χ4v) is 7.00. The molecule has 1 fully saturated rings. The molecule has 1 rings (SSSR count). The quantitative estimate of drug-likeness (QED) is 0.690. The van der Waals surface area contributed by atoms with Crippen molar-refractivity contribution >= 4 is 17.6 Å². The van der Waals surface area contributed by atoms with Gasteiger partial charge in [0.25, 0.3) is 0 Å². The normalized spacial score (nSPS) is 19.8. The zero-order valence-corrected chi connectivity index (χ0v) is 12.6. The first kappa shape index (κ1) is 13.4. The van der Waals surface area contributed by atoms with E-state index in [1.54, 1.807) is 0 Å². The Kier molecular flexibility index (Phi) is 5.53. The fraction of sp³-hybridized carbons (Fsp3) is 1.00. The van der Waals surface area contributed by atoms with Crippen molar-refractivity contribution in [3.05, 3.63) is 0 Å². The van der Waals surface area contributed by atoms with Gasteiger partial charge in [-0.2, -0.15) is 0 Å². The molecule has 0 aromatic heterocycles. The molecular formula is C11H25O2Si2. The van der Waals surface area contributed by atoms with Crippen LogP contribution in [0.25, 0.3) is 0 Å². The van der Waals surface area contributed by atoms with E-state index in [2.05, 4.69) is 26.2 Å². The second-order valence-electron chi connectivity index (χ2n) is 5.23. The van der Waals surface area contributed by atoms with E-state index in [1.165, 1.54) is 32.1 Å². The first-order chi connectivity index (χ1) is 6.99. The van der Waals surface area contributed by atoms with Gasteiger partial charge in [0.1, 0.15) is 0 Å². The summed E-state index contributed by atoms with van der Waals surface area (Å²) < 4.78 is 12.0. The van der Waals surface area contributed by atoms with E-state index in [0.717, 1.165) is 12.5 Å². The highest BCUT2D eigenvalue weighted by molar-refractivity contribution is 6.72.